The number of anilines is 1. The number of nitrogens with zero attached hydrogens (tertiary/aromatic N) is 1. The molecule has 0 aliphatic carbocycles. The largest absolute Gasteiger partial charge is 0.449 e. The summed E-state index contributed by atoms with van der Waals surface area (Å²) in [5.41, 5.74) is 1.92. The Morgan fingerprint density at radius 1 is 1.18 bits per heavy atom. The number of carbonyl (C=O) groups is 2. The summed E-state index contributed by atoms with van der Waals surface area (Å²) in [5, 5.41) is 0.0214. The molecule has 6 nitrogen and oxygen atoms in total. The zero-order chi connectivity index (χ0) is 20.5. The molecule has 0 N–H and O–H groups in total. The van der Waals surface area contributed by atoms with E-state index in [2.05, 4.69) is 0 Å². The summed E-state index contributed by atoms with van der Waals surface area (Å²) >= 11 is 5.90. The molecule has 0 saturated carbocycles. The first kappa shape index (κ1) is 20.4. The van der Waals surface area contributed by atoms with Gasteiger partial charge in [-0.15, -0.1) is 0 Å². The Morgan fingerprint density at radius 2 is 1.89 bits per heavy atom. The minimum absolute atomic E-state index is 0.0171. The van der Waals surface area contributed by atoms with Crippen LogP contribution in [0.1, 0.15) is 29.3 Å². The van der Waals surface area contributed by atoms with E-state index in [4.69, 9.17) is 16.3 Å². The molecule has 2 aromatic rings. The molecule has 0 radical (unpaired) electrons. The lowest BCUT2D eigenvalue weighted by Crippen LogP contribution is -2.42. The summed E-state index contributed by atoms with van der Waals surface area (Å²) in [7, 11) is -3.60. The maximum absolute atomic E-state index is 12.8. The summed E-state index contributed by atoms with van der Waals surface area (Å²) in [5.74, 6) is -1.11. The van der Waals surface area contributed by atoms with Gasteiger partial charge in [-0.05, 0) is 49.6 Å². The van der Waals surface area contributed by atoms with E-state index in [1.807, 2.05) is 24.3 Å². The second-order valence-electron chi connectivity index (χ2n) is 6.69. The number of amides is 1. The molecule has 1 aliphatic heterocycles. The molecule has 8 heteroatoms. The maximum atomic E-state index is 12.8. The van der Waals surface area contributed by atoms with Crippen LogP contribution in [-0.4, -0.2) is 39.2 Å². The van der Waals surface area contributed by atoms with Crippen molar-refractivity contribution >= 4 is 39.0 Å². The highest BCUT2D eigenvalue weighted by Gasteiger charge is 2.29. The molecule has 1 atom stereocenters. The lowest BCUT2D eigenvalue weighted by atomic mass is 10.0. The Kier molecular flexibility index (Phi) is 5.76. The zero-order valence-corrected chi connectivity index (χ0v) is 17.1. The lowest BCUT2D eigenvalue weighted by Gasteiger charge is -2.31. The summed E-state index contributed by atoms with van der Waals surface area (Å²) in [4.78, 5) is 26.8. The molecule has 0 aromatic heterocycles. The standard InChI is InChI=1S/C20H20ClNO5S/c1-13(19(23)22-11-5-7-14-6-3-4-8-17(14)22)27-20(24)15-9-10-16(21)18(12-15)28(2,25)26/h3-4,6,8-10,12-13H,5,7,11H2,1-2H3. The Hall–Kier alpha value is -2.38. The number of para-hydroxylation sites is 1. The summed E-state index contributed by atoms with van der Waals surface area (Å²) < 4.78 is 28.9. The highest BCUT2D eigenvalue weighted by molar-refractivity contribution is 7.90. The number of fused-ring (bicyclic) bond motifs is 1. The number of halogens is 1. The van der Waals surface area contributed by atoms with Crippen LogP contribution >= 0.6 is 11.6 Å². The second-order valence-corrected chi connectivity index (χ2v) is 9.08. The number of carbonyl (C=O) groups excluding carboxylic acids is 2. The highest BCUT2D eigenvalue weighted by atomic mass is 35.5. The van der Waals surface area contributed by atoms with Gasteiger partial charge in [0.25, 0.3) is 5.91 Å². The van der Waals surface area contributed by atoms with Gasteiger partial charge in [-0.2, -0.15) is 0 Å². The number of esters is 1. The van der Waals surface area contributed by atoms with Crippen molar-refractivity contribution in [2.45, 2.75) is 30.8 Å². The SMILES string of the molecule is CC(OC(=O)c1ccc(Cl)c(S(C)(=O)=O)c1)C(=O)N1CCCc2ccccc21. The molecule has 2 aromatic carbocycles. The van der Waals surface area contributed by atoms with Gasteiger partial charge in [-0.1, -0.05) is 29.8 Å². The van der Waals surface area contributed by atoms with Crippen LogP contribution in [0, 0.1) is 0 Å². The van der Waals surface area contributed by atoms with Crippen LogP contribution in [-0.2, 0) is 25.8 Å². The summed E-state index contributed by atoms with van der Waals surface area (Å²) in [6.45, 7) is 2.06. The lowest BCUT2D eigenvalue weighted by molar-refractivity contribution is -0.126. The quantitative estimate of drug-likeness (QED) is 0.708. The fourth-order valence-corrected chi connectivity index (χ4v) is 4.48. The van der Waals surface area contributed by atoms with Crippen molar-refractivity contribution in [1.29, 1.82) is 0 Å². The predicted octanol–water partition coefficient (Wildman–Crippen LogP) is 3.27. The Balaban J connectivity index is 1.78. The average molecular weight is 422 g/mol. The van der Waals surface area contributed by atoms with Crippen molar-refractivity contribution < 1.29 is 22.7 Å². The third kappa shape index (κ3) is 4.20. The first-order valence-electron chi connectivity index (χ1n) is 8.78. The average Bonchev–Trinajstić information content (AvgIpc) is 2.66. The Bertz CT molecular complexity index is 1030. The van der Waals surface area contributed by atoms with E-state index in [0.717, 1.165) is 36.4 Å². The van der Waals surface area contributed by atoms with Crippen LogP contribution in [0.15, 0.2) is 47.4 Å². The normalized spacial score (nSPS) is 14.9. The van der Waals surface area contributed by atoms with E-state index in [0.29, 0.717) is 6.54 Å². The predicted molar refractivity (Wildman–Crippen MR) is 107 cm³/mol. The van der Waals surface area contributed by atoms with Gasteiger partial charge in [0.2, 0.25) is 0 Å². The van der Waals surface area contributed by atoms with Crippen LogP contribution in [0.3, 0.4) is 0 Å². The van der Waals surface area contributed by atoms with Gasteiger partial charge >= 0.3 is 5.97 Å². The zero-order valence-electron chi connectivity index (χ0n) is 15.5. The van der Waals surface area contributed by atoms with Gasteiger partial charge in [-0.3, -0.25) is 4.79 Å². The summed E-state index contributed by atoms with van der Waals surface area (Å²) in [6, 6.07) is 11.5. The van der Waals surface area contributed by atoms with Crippen molar-refractivity contribution in [2.75, 3.05) is 17.7 Å². The van der Waals surface area contributed by atoms with E-state index in [1.165, 1.54) is 19.1 Å². The molecule has 0 bridgehead atoms. The second kappa shape index (κ2) is 7.93. The van der Waals surface area contributed by atoms with E-state index in [-0.39, 0.29) is 21.4 Å². The minimum atomic E-state index is -3.60. The minimum Gasteiger partial charge on any atom is -0.449 e. The van der Waals surface area contributed by atoms with Gasteiger partial charge < -0.3 is 9.64 Å². The Labute approximate surface area is 169 Å². The monoisotopic (exact) mass is 421 g/mol. The van der Waals surface area contributed by atoms with Crippen LogP contribution in [0.4, 0.5) is 5.69 Å². The first-order valence-corrected chi connectivity index (χ1v) is 11.1. The van der Waals surface area contributed by atoms with Crippen molar-refractivity contribution in [1.82, 2.24) is 0 Å². The van der Waals surface area contributed by atoms with Crippen LogP contribution in [0.25, 0.3) is 0 Å². The fourth-order valence-electron chi connectivity index (χ4n) is 3.18. The van der Waals surface area contributed by atoms with Gasteiger partial charge in [0.15, 0.2) is 15.9 Å². The molecule has 28 heavy (non-hydrogen) atoms. The number of sulfone groups is 1. The molecule has 1 aliphatic rings. The molecular formula is C20H20ClNO5S. The van der Waals surface area contributed by atoms with Gasteiger partial charge in [-0.25, -0.2) is 13.2 Å². The first-order chi connectivity index (χ1) is 13.2. The topological polar surface area (TPSA) is 80.8 Å². The number of benzene rings is 2. The fraction of sp³-hybridized carbons (Fsp3) is 0.300. The molecule has 1 heterocycles. The van der Waals surface area contributed by atoms with Crippen molar-refractivity contribution in [3.8, 4) is 0 Å². The molecule has 0 fully saturated rings. The molecule has 1 unspecified atom stereocenters. The maximum Gasteiger partial charge on any atom is 0.338 e. The molecule has 148 valence electrons. The number of rotatable bonds is 4. The van der Waals surface area contributed by atoms with Gasteiger partial charge in [0.05, 0.1) is 15.5 Å². The summed E-state index contributed by atoms with van der Waals surface area (Å²) in [6.07, 6.45) is 1.71. The van der Waals surface area contributed by atoms with Crippen LogP contribution in [0.2, 0.25) is 5.02 Å². The number of hydrogen-bond acceptors (Lipinski definition) is 5. The van der Waals surface area contributed by atoms with E-state index in [1.54, 1.807) is 4.90 Å². The molecule has 0 spiro atoms. The third-order valence-electron chi connectivity index (χ3n) is 4.57. The highest BCUT2D eigenvalue weighted by Crippen LogP contribution is 2.28. The van der Waals surface area contributed by atoms with E-state index < -0.39 is 21.9 Å². The van der Waals surface area contributed by atoms with Gasteiger partial charge in [0.1, 0.15) is 0 Å². The molecular weight excluding hydrogens is 402 g/mol. The van der Waals surface area contributed by atoms with Crippen molar-refractivity contribution in [3.05, 3.63) is 58.6 Å². The molecule has 3 rings (SSSR count). The number of hydrogen-bond donors (Lipinski definition) is 0. The number of aryl methyl sites for hydroxylation is 1. The van der Waals surface area contributed by atoms with Crippen molar-refractivity contribution in [3.63, 3.8) is 0 Å². The smallest absolute Gasteiger partial charge is 0.338 e. The number of ether oxygens (including phenoxy) is 1. The van der Waals surface area contributed by atoms with Crippen molar-refractivity contribution in [2.24, 2.45) is 0 Å². The van der Waals surface area contributed by atoms with Crippen LogP contribution < -0.4 is 4.90 Å². The van der Waals surface area contributed by atoms with E-state index in [9.17, 15) is 18.0 Å². The Morgan fingerprint density at radius 3 is 2.61 bits per heavy atom. The molecule has 1 amide bonds. The van der Waals surface area contributed by atoms with Gasteiger partial charge in [0, 0.05) is 18.5 Å². The van der Waals surface area contributed by atoms with E-state index >= 15 is 0 Å². The third-order valence-corrected chi connectivity index (χ3v) is 6.15. The molecule has 0 saturated heterocycles. The van der Waals surface area contributed by atoms with Crippen LogP contribution in [0.5, 0.6) is 0 Å².